The fraction of sp³-hybridized carbons (Fsp3) is 0.946. The second-order valence-electron chi connectivity index (χ2n) is 30.8. The number of carbonyl (C=O) groups is 4. The van der Waals surface area contributed by atoms with Crippen LogP contribution in [0.4, 0.5) is 0 Å². The second kappa shape index (κ2) is 29.0. The molecule has 0 saturated heterocycles. The van der Waals surface area contributed by atoms with Gasteiger partial charge in [0.2, 0.25) is 0 Å². The fourth-order valence-electron chi connectivity index (χ4n) is 21.2. The monoisotopic (exact) mass is 1080 g/mol. The van der Waals surface area contributed by atoms with Crippen LogP contribution in [0.25, 0.3) is 0 Å². The Morgan fingerprint density at radius 2 is 0.397 bits per heavy atom. The summed E-state index contributed by atoms with van der Waals surface area (Å²) in [5.41, 5.74) is -2.18. The number of rotatable bonds is 22. The summed E-state index contributed by atoms with van der Waals surface area (Å²) in [6, 6.07) is 0. The molecule has 0 aromatic heterocycles. The molecule has 0 aromatic rings. The fourth-order valence-corrected chi connectivity index (χ4v) is 21.2. The van der Waals surface area contributed by atoms with Crippen molar-refractivity contribution < 1.29 is 19.2 Å². The smallest absolute Gasteiger partial charge is 0.159 e. The third-order valence-corrected chi connectivity index (χ3v) is 26.6. The van der Waals surface area contributed by atoms with Crippen molar-refractivity contribution in [2.24, 2.45) is 92.7 Å². The summed E-state index contributed by atoms with van der Waals surface area (Å²) in [7, 11) is 0. The van der Waals surface area contributed by atoms with Crippen LogP contribution in [0.2, 0.25) is 0 Å². The number of carbonyl (C=O) groups excluding carboxylic acids is 4. The predicted molar refractivity (Wildman–Crippen MR) is 325 cm³/mol. The Morgan fingerprint density at radius 1 is 0.231 bits per heavy atom. The van der Waals surface area contributed by atoms with Crippen LogP contribution in [-0.4, -0.2) is 23.1 Å². The maximum Gasteiger partial charge on any atom is 0.159 e. The first-order valence-corrected chi connectivity index (χ1v) is 36.2. The molecule has 10 aliphatic carbocycles. The Labute approximate surface area is 481 Å². The van der Waals surface area contributed by atoms with Crippen molar-refractivity contribution in [3.05, 3.63) is 0 Å². The minimum absolute atomic E-state index is 0.408. The molecule has 0 radical (unpaired) electrons. The van der Waals surface area contributed by atoms with E-state index in [4.69, 9.17) is 0 Å². The molecule has 0 aliphatic heterocycles. The lowest BCUT2D eigenvalue weighted by Crippen LogP contribution is -2.68. The third kappa shape index (κ3) is 13.6. The Morgan fingerprint density at radius 3 is 0.590 bits per heavy atom. The molecule has 10 saturated carbocycles. The number of unbranched alkanes of at least 4 members (excludes halogenated alkanes) is 10. The topological polar surface area (TPSA) is 68.3 Å². The van der Waals surface area contributed by atoms with Crippen molar-refractivity contribution in [1.82, 2.24) is 0 Å². The highest BCUT2D eigenvalue weighted by Gasteiger charge is 2.72. The normalized spacial score (nSPS) is 41.2. The average Bonchev–Trinajstić information content (AvgIpc) is 3.14. The highest BCUT2D eigenvalue weighted by Crippen LogP contribution is 2.65. The minimum Gasteiger partial charge on any atom is -0.297 e. The van der Waals surface area contributed by atoms with E-state index in [9.17, 15) is 19.2 Å². The summed E-state index contributed by atoms with van der Waals surface area (Å²) in [6.45, 7) is 9.21. The van der Waals surface area contributed by atoms with Gasteiger partial charge in [0.15, 0.2) is 23.1 Å². The van der Waals surface area contributed by atoms with Crippen LogP contribution in [0.15, 0.2) is 0 Å². The molecule has 0 unspecified atom stereocenters. The van der Waals surface area contributed by atoms with Crippen LogP contribution in [0.5, 0.6) is 0 Å². The summed E-state index contributed by atoms with van der Waals surface area (Å²) >= 11 is 0. The summed E-state index contributed by atoms with van der Waals surface area (Å²) in [5.74, 6) is 12.1. The lowest BCUT2D eigenvalue weighted by atomic mass is 9.41. The Balaban J connectivity index is 0.000000190. The van der Waals surface area contributed by atoms with E-state index in [0.717, 1.165) is 174 Å². The van der Waals surface area contributed by atoms with Gasteiger partial charge in [-0.3, -0.25) is 19.2 Å². The number of ketones is 4. The van der Waals surface area contributed by atoms with Crippen molar-refractivity contribution in [3.63, 3.8) is 0 Å². The van der Waals surface area contributed by atoms with Crippen LogP contribution < -0.4 is 0 Å². The van der Waals surface area contributed by atoms with Gasteiger partial charge < -0.3 is 0 Å². The zero-order chi connectivity index (χ0) is 54.6. The van der Waals surface area contributed by atoms with Gasteiger partial charge in [-0.05, 0) is 225 Å². The molecule has 0 heterocycles. The van der Waals surface area contributed by atoms with Crippen LogP contribution in [0.1, 0.15) is 349 Å². The zero-order valence-corrected chi connectivity index (χ0v) is 51.9. The first-order valence-electron chi connectivity index (χ1n) is 36.2. The van der Waals surface area contributed by atoms with Gasteiger partial charge in [-0.15, -0.1) is 0 Å². The lowest BCUT2D eigenvalue weighted by molar-refractivity contribution is -0.180. The SMILES string of the molecule is CCCCCC1CCC([C@H]2CCC3(CC2)C(=O)C2(CC[C@H]([C@H]4CC[C@H](CCCCC)CC4)CC2)C3=O)CC1.CCCCCCC1CCC(C2CCC3(CC2)C(=O)C2(CCC(C4CCC(CCCCCC)CC4)CC2)C3=O)CC1. The van der Waals surface area contributed by atoms with Gasteiger partial charge in [-0.2, -0.15) is 0 Å². The molecule has 10 aliphatic rings. The van der Waals surface area contributed by atoms with Crippen molar-refractivity contribution in [1.29, 1.82) is 0 Å². The number of Topliss-reactive ketones (excluding diaryl/α,β-unsaturated/α-hetero) is 4. The van der Waals surface area contributed by atoms with E-state index in [1.54, 1.807) is 0 Å². The molecular formula is C74H124O4. The van der Waals surface area contributed by atoms with E-state index >= 15 is 0 Å². The maximum atomic E-state index is 13.9. The van der Waals surface area contributed by atoms with E-state index in [-0.39, 0.29) is 0 Å². The molecule has 0 aromatic carbocycles. The highest BCUT2D eigenvalue weighted by atomic mass is 16.2. The Bertz CT molecular complexity index is 1660. The second-order valence-corrected chi connectivity index (χ2v) is 30.8. The average molecular weight is 1080 g/mol. The van der Waals surface area contributed by atoms with E-state index in [1.165, 1.54) is 218 Å². The molecule has 4 nitrogen and oxygen atoms in total. The first kappa shape index (κ1) is 61.2. The summed E-state index contributed by atoms with van der Waals surface area (Å²) in [6.07, 6.45) is 64.2. The molecule has 0 amide bonds. The van der Waals surface area contributed by atoms with Crippen molar-refractivity contribution in [3.8, 4) is 0 Å². The van der Waals surface area contributed by atoms with Gasteiger partial charge in [0.1, 0.15) is 0 Å². The largest absolute Gasteiger partial charge is 0.297 e. The standard InChI is InChI=1S/C38H64O2.C36H60O2/c1-3-5-7-9-11-29-13-17-31(18-14-29)33-21-25-37(26-22-33)35(39)38(36(37)40)27-23-34(24-28-38)32-19-15-30(16-20-32)12-10-8-6-4-2;1-3-5-7-9-27-11-15-29(16-12-27)31-19-23-35(24-20-31)33(37)36(34(35)38)25-21-32(22-26-36)30-17-13-28(14-18-30)10-8-6-4-2/h29-34H,3-28H2,1-2H3;27-32H,3-26H2,1-2H3/t;27-,28?,29-,30?,31-,32-,35?,36?. The molecule has 10 fully saturated rings. The summed E-state index contributed by atoms with van der Waals surface area (Å²) in [4.78, 5) is 55.3. The Hall–Kier alpha value is -1.32. The molecule has 0 bridgehead atoms. The van der Waals surface area contributed by atoms with Crippen LogP contribution in [-0.2, 0) is 19.2 Å². The third-order valence-electron chi connectivity index (χ3n) is 26.6. The van der Waals surface area contributed by atoms with Crippen LogP contribution in [0, 0.1) is 92.7 Å². The van der Waals surface area contributed by atoms with Gasteiger partial charge in [-0.1, -0.05) is 195 Å². The van der Waals surface area contributed by atoms with Crippen LogP contribution >= 0.6 is 0 Å². The molecule has 4 spiro atoms. The van der Waals surface area contributed by atoms with Gasteiger partial charge >= 0.3 is 0 Å². The van der Waals surface area contributed by atoms with Gasteiger partial charge in [0.25, 0.3) is 0 Å². The molecule has 0 atom stereocenters. The Kier molecular flexibility index (Phi) is 22.8. The van der Waals surface area contributed by atoms with Gasteiger partial charge in [0, 0.05) is 0 Å². The van der Waals surface area contributed by atoms with E-state index < -0.39 is 21.7 Å². The van der Waals surface area contributed by atoms with Crippen molar-refractivity contribution in [2.45, 2.75) is 349 Å². The van der Waals surface area contributed by atoms with E-state index in [2.05, 4.69) is 27.7 Å². The van der Waals surface area contributed by atoms with Crippen LogP contribution in [0.3, 0.4) is 0 Å². The van der Waals surface area contributed by atoms with Crippen molar-refractivity contribution >= 4 is 23.1 Å². The molecule has 4 heteroatoms. The zero-order valence-electron chi connectivity index (χ0n) is 51.9. The minimum atomic E-state index is -0.546. The van der Waals surface area contributed by atoms with E-state index in [1.807, 2.05) is 0 Å². The molecule has 78 heavy (non-hydrogen) atoms. The number of hydrogen-bond donors (Lipinski definition) is 0. The highest BCUT2D eigenvalue weighted by molar-refractivity contribution is 6.31. The predicted octanol–water partition coefficient (Wildman–Crippen LogP) is 21.3. The molecule has 0 N–H and O–H groups in total. The van der Waals surface area contributed by atoms with Crippen molar-refractivity contribution in [2.75, 3.05) is 0 Å². The molecule has 10 rings (SSSR count). The maximum absolute atomic E-state index is 13.9. The summed E-state index contributed by atoms with van der Waals surface area (Å²) in [5, 5.41) is 0. The molecule has 444 valence electrons. The lowest BCUT2D eigenvalue weighted by Gasteiger charge is -2.58. The number of hydrogen-bond acceptors (Lipinski definition) is 4. The van der Waals surface area contributed by atoms with E-state index in [0.29, 0.717) is 23.1 Å². The molecular weight excluding hydrogens is 953 g/mol. The first-order chi connectivity index (χ1) is 38.0. The summed E-state index contributed by atoms with van der Waals surface area (Å²) < 4.78 is 0. The quantitative estimate of drug-likeness (QED) is 0.0800. The van der Waals surface area contributed by atoms with Gasteiger partial charge in [-0.25, -0.2) is 0 Å². The van der Waals surface area contributed by atoms with Gasteiger partial charge in [0.05, 0.1) is 21.7 Å².